The van der Waals surface area contributed by atoms with Gasteiger partial charge in [0, 0.05) is 18.3 Å². The molecule has 0 bridgehead atoms. The van der Waals surface area contributed by atoms with Crippen LogP contribution in [0.4, 0.5) is 0 Å². The lowest BCUT2D eigenvalue weighted by Crippen LogP contribution is -2.38. The maximum absolute atomic E-state index is 12.8. The van der Waals surface area contributed by atoms with Gasteiger partial charge in [0.1, 0.15) is 24.0 Å². The fourth-order valence-corrected chi connectivity index (χ4v) is 3.74. The molecule has 0 atom stereocenters. The van der Waals surface area contributed by atoms with Crippen LogP contribution in [0, 0.1) is 6.92 Å². The minimum atomic E-state index is -0.0972. The van der Waals surface area contributed by atoms with E-state index in [0.29, 0.717) is 22.5 Å². The van der Waals surface area contributed by atoms with E-state index in [2.05, 4.69) is 25.1 Å². The molecule has 25 heavy (non-hydrogen) atoms. The molecule has 130 valence electrons. The van der Waals surface area contributed by atoms with Crippen molar-refractivity contribution < 1.29 is 4.79 Å². The summed E-state index contributed by atoms with van der Waals surface area (Å²) in [6, 6.07) is 4.18. The Hall–Kier alpha value is -2.41. The number of carbonyl (C=O) groups excluding carboxylic acids is 1. The van der Waals surface area contributed by atoms with E-state index in [1.807, 2.05) is 13.0 Å². The van der Waals surface area contributed by atoms with E-state index in [1.165, 1.54) is 0 Å². The Balaban J connectivity index is 1.46. The van der Waals surface area contributed by atoms with Crippen LogP contribution in [0.3, 0.4) is 0 Å². The topological polar surface area (TPSA) is 77.1 Å². The molecule has 0 aliphatic heterocycles. The highest BCUT2D eigenvalue weighted by Gasteiger charge is 2.25. The van der Waals surface area contributed by atoms with Gasteiger partial charge in [-0.2, -0.15) is 0 Å². The second-order valence-electron chi connectivity index (χ2n) is 6.51. The zero-order valence-electron chi connectivity index (χ0n) is 13.9. The Morgan fingerprint density at radius 2 is 1.92 bits per heavy atom. The van der Waals surface area contributed by atoms with Gasteiger partial charge in [0.05, 0.1) is 10.7 Å². The number of nitrogens with zero attached hydrogens (tertiary/aromatic N) is 5. The third-order valence-corrected chi connectivity index (χ3v) is 5.09. The van der Waals surface area contributed by atoms with Gasteiger partial charge in [0.2, 0.25) is 0 Å². The molecule has 8 heteroatoms. The second-order valence-corrected chi connectivity index (χ2v) is 6.95. The number of carbonyl (C=O) groups is 1. The minimum Gasteiger partial charge on any atom is -0.348 e. The molecular weight excluding hydrogens is 340 g/mol. The normalized spacial score (nSPS) is 20.7. The number of aryl methyl sites for hydroxylation is 1. The molecule has 1 saturated carbocycles. The predicted molar refractivity (Wildman–Crippen MR) is 93.7 cm³/mol. The van der Waals surface area contributed by atoms with E-state index in [0.717, 1.165) is 31.3 Å². The Kier molecular flexibility index (Phi) is 4.17. The van der Waals surface area contributed by atoms with Gasteiger partial charge < -0.3 is 9.88 Å². The highest BCUT2D eigenvalue weighted by molar-refractivity contribution is 6.30. The van der Waals surface area contributed by atoms with Crippen LogP contribution in [0.25, 0.3) is 5.65 Å². The van der Waals surface area contributed by atoms with Crippen molar-refractivity contribution >= 4 is 23.2 Å². The number of halogens is 1. The van der Waals surface area contributed by atoms with E-state index in [1.54, 1.807) is 29.3 Å². The first-order chi connectivity index (χ1) is 12.1. The molecule has 1 fully saturated rings. The van der Waals surface area contributed by atoms with Gasteiger partial charge in [-0.15, -0.1) is 10.2 Å². The van der Waals surface area contributed by atoms with E-state index in [4.69, 9.17) is 11.6 Å². The van der Waals surface area contributed by atoms with Crippen LogP contribution in [-0.2, 0) is 0 Å². The van der Waals surface area contributed by atoms with E-state index < -0.39 is 0 Å². The summed E-state index contributed by atoms with van der Waals surface area (Å²) in [4.78, 5) is 17.2. The Morgan fingerprint density at radius 3 is 2.64 bits per heavy atom. The van der Waals surface area contributed by atoms with Crippen molar-refractivity contribution in [1.29, 1.82) is 0 Å². The fourth-order valence-electron chi connectivity index (χ4n) is 3.58. The van der Waals surface area contributed by atoms with E-state index >= 15 is 0 Å². The van der Waals surface area contributed by atoms with Crippen LogP contribution in [0.15, 0.2) is 31.0 Å². The Bertz CT molecular complexity index is 895. The first kappa shape index (κ1) is 16.1. The van der Waals surface area contributed by atoms with E-state index in [9.17, 15) is 4.79 Å². The van der Waals surface area contributed by atoms with Crippen molar-refractivity contribution in [3.05, 3.63) is 47.4 Å². The zero-order valence-corrected chi connectivity index (χ0v) is 14.6. The molecule has 1 aliphatic carbocycles. The van der Waals surface area contributed by atoms with E-state index in [-0.39, 0.29) is 11.9 Å². The molecule has 0 spiro atoms. The number of hydrogen-bond acceptors (Lipinski definition) is 4. The number of pyridine rings is 1. The molecule has 0 radical (unpaired) electrons. The monoisotopic (exact) mass is 358 g/mol. The SMILES string of the molecule is Cc1nc2ccc(Cl)cn2c1C(=O)NC1CCC(n2cnnc2)CC1. The molecule has 7 nitrogen and oxygen atoms in total. The number of imidazole rings is 1. The summed E-state index contributed by atoms with van der Waals surface area (Å²) in [5, 5.41) is 11.5. The summed E-state index contributed by atoms with van der Waals surface area (Å²) >= 11 is 6.07. The minimum absolute atomic E-state index is 0.0972. The fraction of sp³-hybridized carbons (Fsp3) is 0.412. The number of fused-ring (bicyclic) bond motifs is 1. The van der Waals surface area contributed by atoms with Crippen LogP contribution in [0.1, 0.15) is 47.9 Å². The average Bonchev–Trinajstić information content (AvgIpc) is 3.22. The number of rotatable bonds is 3. The summed E-state index contributed by atoms with van der Waals surface area (Å²) in [6.07, 6.45) is 9.12. The summed E-state index contributed by atoms with van der Waals surface area (Å²) in [5.74, 6) is -0.0972. The van der Waals surface area contributed by atoms with Crippen molar-refractivity contribution in [3.8, 4) is 0 Å². The lowest BCUT2D eigenvalue weighted by Gasteiger charge is -2.29. The highest BCUT2D eigenvalue weighted by atomic mass is 35.5. The maximum atomic E-state index is 12.8. The van der Waals surface area contributed by atoms with Gasteiger partial charge in [-0.1, -0.05) is 11.6 Å². The quantitative estimate of drug-likeness (QED) is 0.781. The third-order valence-electron chi connectivity index (χ3n) is 4.86. The summed E-state index contributed by atoms with van der Waals surface area (Å²) < 4.78 is 3.81. The standard InChI is InChI=1S/C17H19ClN6O/c1-11-16(24-8-12(18)2-7-15(24)21-11)17(25)22-13-3-5-14(6-4-13)23-9-19-20-10-23/h2,7-10,13-14H,3-6H2,1H3,(H,22,25). The van der Waals surface area contributed by atoms with Crippen molar-refractivity contribution in [1.82, 2.24) is 29.5 Å². The van der Waals surface area contributed by atoms with Gasteiger partial charge in [0.15, 0.2) is 0 Å². The summed E-state index contributed by atoms with van der Waals surface area (Å²) in [5.41, 5.74) is 1.99. The van der Waals surface area contributed by atoms with Gasteiger partial charge >= 0.3 is 0 Å². The zero-order chi connectivity index (χ0) is 17.4. The van der Waals surface area contributed by atoms with Gasteiger partial charge in [0.25, 0.3) is 5.91 Å². The lowest BCUT2D eigenvalue weighted by atomic mass is 9.91. The van der Waals surface area contributed by atoms with Gasteiger partial charge in [-0.25, -0.2) is 4.98 Å². The number of aromatic nitrogens is 5. The molecule has 1 N–H and O–H groups in total. The van der Waals surface area contributed by atoms with Gasteiger partial charge in [-0.3, -0.25) is 9.20 Å². The van der Waals surface area contributed by atoms with Crippen molar-refractivity contribution in [2.45, 2.75) is 44.7 Å². The summed E-state index contributed by atoms with van der Waals surface area (Å²) in [7, 11) is 0. The smallest absolute Gasteiger partial charge is 0.270 e. The molecule has 4 rings (SSSR count). The lowest BCUT2D eigenvalue weighted by molar-refractivity contribution is 0.0916. The highest BCUT2D eigenvalue weighted by Crippen LogP contribution is 2.28. The van der Waals surface area contributed by atoms with Crippen LogP contribution >= 0.6 is 11.6 Å². The van der Waals surface area contributed by atoms with Crippen LogP contribution in [0.2, 0.25) is 5.02 Å². The largest absolute Gasteiger partial charge is 0.348 e. The van der Waals surface area contributed by atoms with Crippen LogP contribution < -0.4 is 5.32 Å². The molecule has 1 amide bonds. The predicted octanol–water partition coefficient (Wildman–Crippen LogP) is 2.80. The molecule has 3 heterocycles. The summed E-state index contributed by atoms with van der Waals surface area (Å²) in [6.45, 7) is 1.85. The number of nitrogens with one attached hydrogen (secondary N) is 1. The van der Waals surface area contributed by atoms with Gasteiger partial charge in [-0.05, 0) is 44.7 Å². The first-order valence-electron chi connectivity index (χ1n) is 8.41. The average molecular weight is 359 g/mol. The van der Waals surface area contributed by atoms with Crippen molar-refractivity contribution in [3.63, 3.8) is 0 Å². The third kappa shape index (κ3) is 3.11. The molecule has 3 aromatic heterocycles. The molecule has 0 unspecified atom stereocenters. The van der Waals surface area contributed by atoms with Crippen LogP contribution in [0.5, 0.6) is 0 Å². The molecule has 0 saturated heterocycles. The van der Waals surface area contributed by atoms with Crippen molar-refractivity contribution in [2.24, 2.45) is 0 Å². The van der Waals surface area contributed by atoms with Crippen molar-refractivity contribution in [2.75, 3.05) is 0 Å². The Labute approximate surface area is 150 Å². The second kappa shape index (κ2) is 6.48. The molecule has 1 aliphatic rings. The maximum Gasteiger partial charge on any atom is 0.270 e. The van der Waals surface area contributed by atoms with Crippen LogP contribution in [-0.4, -0.2) is 36.1 Å². The molecule has 3 aromatic rings. The first-order valence-corrected chi connectivity index (χ1v) is 8.79. The molecule has 0 aromatic carbocycles. The number of amides is 1. The molecular formula is C17H19ClN6O. The Morgan fingerprint density at radius 1 is 1.20 bits per heavy atom. The number of hydrogen-bond donors (Lipinski definition) is 1.